The maximum Gasteiger partial charge on any atom is -0.0409 e. The van der Waals surface area contributed by atoms with Crippen LogP contribution >= 0.6 is 0 Å². The third-order valence-electron chi connectivity index (χ3n) is 8.00. The van der Waals surface area contributed by atoms with Gasteiger partial charge >= 0.3 is 0 Å². The van der Waals surface area contributed by atoms with Crippen molar-refractivity contribution in [1.29, 1.82) is 0 Å². The molecule has 2 saturated carbocycles. The minimum Gasteiger partial charge on any atom is -0.0654 e. The maximum absolute atomic E-state index is 2.31. The van der Waals surface area contributed by atoms with E-state index >= 15 is 0 Å². The Morgan fingerprint density at radius 3 is 1.32 bits per heavy atom. The van der Waals surface area contributed by atoms with E-state index in [1.165, 1.54) is 109 Å². The summed E-state index contributed by atoms with van der Waals surface area (Å²) >= 11 is 0. The Morgan fingerprint density at radius 1 is 0.500 bits per heavy atom. The lowest BCUT2D eigenvalue weighted by Gasteiger charge is -2.30. The summed E-state index contributed by atoms with van der Waals surface area (Å²) in [5, 5.41) is 0. The zero-order chi connectivity index (χ0) is 19.7. The summed E-state index contributed by atoms with van der Waals surface area (Å²) in [6.07, 6.45) is 36.4. The van der Waals surface area contributed by atoms with Gasteiger partial charge in [0.05, 0.1) is 0 Å². The first-order valence-corrected chi connectivity index (χ1v) is 13.9. The minimum absolute atomic E-state index is 1.07. The number of hydrogen-bond donors (Lipinski definition) is 0. The summed E-state index contributed by atoms with van der Waals surface area (Å²) in [6.45, 7) is 2.31. The van der Waals surface area contributed by atoms with E-state index in [0.29, 0.717) is 0 Å². The molecular weight excluding hydrogens is 336 g/mol. The van der Waals surface area contributed by atoms with Gasteiger partial charge in [0.2, 0.25) is 0 Å². The van der Waals surface area contributed by atoms with Crippen molar-refractivity contribution in [2.75, 3.05) is 0 Å². The fourth-order valence-corrected chi connectivity index (χ4v) is 6.22. The average molecular weight is 391 g/mol. The number of unbranched alkanes of at least 4 members (excludes halogenated alkanes) is 10. The summed E-state index contributed by atoms with van der Waals surface area (Å²) in [5.74, 6) is 3.26. The van der Waals surface area contributed by atoms with Crippen molar-refractivity contribution in [2.45, 2.75) is 161 Å². The Hall–Kier alpha value is 0. The zero-order valence-corrected chi connectivity index (χ0v) is 19.7. The van der Waals surface area contributed by atoms with Crippen molar-refractivity contribution >= 4 is 0 Å². The summed E-state index contributed by atoms with van der Waals surface area (Å²) in [5.41, 5.74) is 0. The fraction of sp³-hybridized carbons (Fsp3) is 1.00. The molecule has 166 valence electrons. The molecule has 0 aromatic carbocycles. The van der Waals surface area contributed by atoms with Gasteiger partial charge in [-0.05, 0) is 30.6 Å². The van der Waals surface area contributed by atoms with E-state index in [1.54, 1.807) is 44.9 Å². The van der Waals surface area contributed by atoms with E-state index in [2.05, 4.69) is 6.92 Å². The maximum atomic E-state index is 2.31. The summed E-state index contributed by atoms with van der Waals surface area (Å²) in [7, 11) is 0. The van der Waals surface area contributed by atoms with Crippen LogP contribution in [0.2, 0.25) is 0 Å². The molecule has 0 heterocycles. The highest BCUT2D eigenvalue weighted by Gasteiger charge is 2.23. The molecule has 2 aliphatic carbocycles. The van der Waals surface area contributed by atoms with Crippen molar-refractivity contribution in [3.63, 3.8) is 0 Å². The molecule has 0 N–H and O–H groups in total. The van der Waals surface area contributed by atoms with Gasteiger partial charge in [-0.3, -0.25) is 0 Å². The van der Waals surface area contributed by atoms with E-state index in [0.717, 1.165) is 17.8 Å². The van der Waals surface area contributed by atoms with Crippen LogP contribution in [0.3, 0.4) is 0 Å². The van der Waals surface area contributed by atoms with Crippen LogP contribution in [0.15, 0.2) is 0 Å². The van der Waals surface area contributed by atoms with Crippen molar-refractivity contribution in [3.8, 4) is 0 Å². The molecule has 0 amide bonds. The molecule has 0 atom stereocenters. The van der Waals surface area contributed by atoms with Crippen LogP contribution in [0, 0.1) is 17.8 Å². The third kappa shape index (κ3) is 11.9. The van der Waals surface area contributed by atoms with E-state index in [-0.39, 0.29) is 0 Å². The minimum atomic E-state index is 1.07. The van der Waals surface area contributed by atoms with E-state index in [4.69, 9.17) is 0 Å². The van der Waals surface area contributed by atoms with Crippen LogP contribution in [0.4, 0.5) is 0 Å². The molecule has 0 saturated heterocycles. The molecule has 0 nitrogen and oxygen atoms in total. The van der Waals surface area contributed by atoms with E-state index in [9.17, 15) is 0 Å². The fourth-order valence-electron chi connectivity index (χ4n) is 6.22. The van der Waals surface area contributed by atoms with Gasteiger partial charge in [-0.15, -0.1) is 0 Å². The third-order valence-corrected chi connectivity index (χ3v) is 8.00. The molecule has 2 fully saturated rings. The van der Waals surface area contributed by atoms with Gasteiger partial charge in [0.15, 0.2) is 0 Å². The molecule has 28 heavy (non-hydrogen) atoms. The Kier molecular flexibility index (Phi) is 14.5. The highest BCUT2D eigenvalue weighted by molar-refractivity contribution is 4.75. The van der Waals surface area contributed by atoms with Gasteiger partial charge in [-0.1, -0.05) is 148 Å². The van der Waals surface area contributed by atoms with Gasteiger partial charge in [0.25, 0.3) is 0 Å². The van der Waals surface area contributed by atoms with Gasteiger partial charge < -0.3 is 0 Å². The second-order valence-corrected chi connectivity index (χ2v) is 10.7. The lowest BCUT2D eigenvalue weighted by Crippen LogP contribution is -2.17. The summed E-state index contributed by atoms with van der Waals surface area (Å²) in [4.78, 5) is 0. The molecule has 0 heteroatoms. The molecular formula is C28H54. The lowest BCUT2D eigenvalue weighted by atomic mass is 9.75. The topological polar surface area (TPSA) is 0 Å². The first-order valence-electron chi connectivity index (χ1n) is 13.9. The van der Waals surface area contributed by atoms with Crippen LogP contribution in [0.1, 0.15) is 161 Å². The summed E-state index contributed by atoms with van der Waals surface area (Å²) in [6, 6.07) is 0. The van der Waals surface area contributed by atoms with Crippen LogP contribution in [-0.4, -0.2) is 0 Å². The highest BCUT2D eigenvalue weighted by Crippen LogP contribution is 2.37. The van der Waals surface area contributed by atoms with Crippen LogP contribution in [0.25, 0.3) is 0 Å². The first-order chi connectivity index (χ1) is 13.9. The number of rotatable bonds is 16. The SMILES string of the molecule is CCCCCCCCCCCCCC(CC1CCCCC1)CC1CCCCC1. The Labute approximate surface area is 179 Å². The normalized spacial score (nSPS) is 19.5. The van der Waals surface area contributed by atoms with Crippen molar-refractivity contribution in [1.82, 2.24) is 0 Å². The second kappa shape index (κ2) is 16.8. The molecule has 0 spiro atoms. The van der Waals surface area contributed by atoms with Crippen LogP contribution in [-0.2, 0) is 0 Å². The predicted octanol–water partition coefficient (Wildman–Crippen LogP) is 10.2. The molecule has 0 aromatic heterocycles. The first kappa shape index (κ1) is 24.3. The Bertz CT molecular complexity index is 301. The Morgan fingerprint density at radius 2 is 0.893 bits per heavy atom. The van der Waals surface area contributed by atoms with Crippen LogP contribution in [0.5, 0.6) is 0 Å². The van der Waals surface area contributed by atoms with Crippen molar-refractivity contribution < 1.29 is 0 Å². The molecule has 2 rings (SSSR count). The monoisotopic (exact) mass is 390 g/mol. The second-order valence-electron chi connectivity index (χ2n) is 10.7. The van der Waals surface area contributed by atoms with Crippen molar-refractivity contribution in [2.24, 2.45) is 17.8 Å². The standard InChI is InChI=1S/C28H54/c1-2-3-4-5-6-7-8-9-10-11-14-23-28(24-26-19-15-12-16-20-26)25-27-21-17-13-18-22-27/h26-28H,2-25H2,1H3. The zero-order valence-electron chi connectivity index (χ0n) is 19.7. The van der Waals surface area contributed by atoms with Gasteiger partial charge in [0, 0.05) is 0 Å². The number of hydrogen-bond acceptors (Lipinski definition) is 0. The predicted molar refractivity (Wildman–Crippen MR) is 127 cm³/mol. The summed E-state index contributed by atoms with van der Waals surface area (Å²) < 4.78 is 0. The van der Waals surface area contributed by atoms with Gasteiger partial charge in [-0.25, -0.2) is 0 Å². The lowest BCUT2D eigenvalue weighted by molar-refractivity contribution is 0.219. The molecule has 0 aliphatic heterocycles. The quantitative estimate of drug-likeness (QED) is 0.230. The van der Waals surface area contributed by atoms with Gasteiger partial charge in [-0.2, -0.15) is 0 Å². The van der Waals surface area contributed by atoms with Crippen LogP contribution < -0.4 is 0 Å². The molecule has 0 aromatic rings. The average Bonchev–Trinajstić information content (AvgIpc) is 2.73. The van der Waals surface area contributed by atoms with Crippen molar-refractivity contribution in [3.05, 3.63) is 0 Å². The van der Waals surface area contributed by atoms with Gasteiger partial charge in [0.1, 0.15) is 0 Å². The largest absolute Gasteiger partial charge is 0.0654 e. The van der Waals surface area contributed by atoms with E-state index < -0.39 is 0 Å². The smallest absolute Gasteiger partial charge is 0.0409 e. The molecule has 0 unspecified atom stereocenters. The molecule has 0 bridgehead atoms. The Balaban J connectivity index is 1.53. The van der Waals surface area contributed by atoms with E-state index in [1.807, 2.05) is 0 Å². The molecule has 2 aliphatic rings. The molecule has 0 radical (unpaired) electrons. The highest BCUT2D eigenvalue weighted by atomic mass is 14.3.